The summed E-state index contributed by atoms with van der Waals surface area (Å²) in [6.45, 7) is 1.60. The van der Waals surface area contributed by atoms with E-state index in [0.29, 0.717) is 24.7 Å². The van der Waals surface area contributed by atoms with Gasteiger partial charge in [-0.05, 0) is 36.7 Å². The number of nitro groups is 1. The molecule has 3 atom stereocenters. The lowest BCUT2D eigenvalue weighted by molar-refractivity contribution is -0.384. The van der Waals surface area contributed by atoms with Crippen molar-refractivity contribution >= 4 is 24.0 Å². The van der Waals surface area contributed by atoms with Crippen molar-refractivity contribution in [1.29, 1.82) is 0 Å². The number of rotatable bonds is 4. The van der Waals surface area contributed by atoms with Crippen LogP contribution in [0.4, 0.5) is 5.69 Å². The molecule has 2 fully saturated rings. The largest absolute Gasteiger partial charge is 0.342 e. The summed E-state index contributed by atoms with van der Waals surface area (Å²) in [7, 11) is 0. The average molecular weight is 340 g/mol. The number of benzene rings is 1. The molecule has 2 N–H and O–H groups in total. The molecule has 1 aliphatic carbocycles. The van der Waals surface area contributed by atoms with Crippen LogP contribution < -0.4 is 5.73 Å². The fourth-order valence-electron chi connectivity index (χ4n) is 3.75. The molecule has 1 saturated carbocycles. The molecule has 3 rings (SSSR count). The van der Waals surface area contributed by atoms with Crippen molar-refractivity contribution in [2.75, 3.05) is 13.1 Å². The molecule has 0 radical (unpaired) electrons. The minimum atomic E-state index is -0.408. The van der Waals surface area contributed by atoms with Crippen LogP contribution in [-0.4, -0.2) is 34.9 Å². The van der Waals surface area contributed by atoms with E-state index < -0.39 is 4.92 Å². The highest BCUT2D eigenvalue weighted by Gasteiger charge is 2.42. The monoisotopic (exact) mass is 339 g/mol. The standard InChI is InChI=1S/C16H21N3O3.ClH/c17-15-6-5-12-9-18(10-14(12)15)16(20)7-4-11-2-1-3-13(8-11)19(21)22;/h1-3,8,12,14-15H,4-7,9-10,17H2;1H. The fourth-order valence-corrected chi connectivity index (χ4v) is 3.75. The van der Waals surface area contributed by atoms with Gasteiger partial charge >= 0.3 is 0 Å². The highest BCUT2D eigenvalue weighted by molar-refractivity contribution is 5.85. The number of hydrogen-bond donors (Lipinski definition) is 1. The molecule has 1 aromatic rings. The van der Waals surface area contributed by atoms with Crippen molar-refractivity contribution in [3.8, 4) is 0 Å². The van der Waals surface area contributed by atoms with Gasteiger partial charge in [0.2, 0.25) is 5.91 Å². The first-order chi connectivity index (χ1) is 10.5. The molecular formula is C16H22ClN3O3. The lowest BCUT2D eigenvalue weighted by Crippen LogP contribution is -2.33. The number of likely N-dealkylation sites (tertiary alicyclic amines) is 1. The third-order valence-electron chi connectivity index (χ3n) is 5.01. The molecule has 3 unspecified atom stereocenters. The van der Waals surface area contributed by atoms with Gasteiger partial charge in [0.15, 0.2) is 0 Å². The molecule has 2 aliphatic rings. The van der Waals surface area contributed by atoms with Crippen LogP contribution in [0.3, 0.4) is 0 Å². The molecule has 0 spiro atoms. The molecule has 23 heavy (non-hydrogen) atoms. The van der Waals surface area contributed by atoms with Gasteiger partial charge in [-0.3, -0.25) is 14.9 Å². The first-order valence-corrected chi connectivity index (χ1v) is 7.81. The number of fused-ring (bicyclic) bond motifs is 1. The molecule has 1 aliphatic heterocycles. The van der Waals surface area contributed by atoms with E-state index in [2.05, 4.69) is 0 Å². The van der Waals surface area contributed by atoms with E-state index in [9.17, 15) is 14.9 Å². The number of hydrogen-bond acceptors (Lipinski definition) is 4. The van der Waals surface area contributed by atoms with Gasteiger partial charge in [0.25, 0.3) is 5.69 Å². The summed E-state index contributed by atoms with van der Waals surface area (Å²) in [5.74, 6) is 1.16. The van der Waals surface area contributed by atoms with Gasteiger partial charge < -0.3 is 10.6 Å². The topological polar surface area (TPSA) is 89.5 Å². The lowest BCUT2D eigenvalue weighted by atomic mass is 9.98. The number of nitrogens with zero attached hydrogens (tertiary/aromatic N) is 2. The predicted molar refractivity (Wildman–Crippen MR) is 89.4 cm³/mol. The molecular weight excluding hydrogens is 318 g/mol. The van der Waals surface area contributed by atoms with Crippen LogP contribution in [0.15, 0.2) is 24.3 Å². The van der Waals surface area contributed by atoms with Crippen molar-refractivity contribution in [2.24, 2.45) is 17.6 Å². The highest BCUT2D eigenvalue weighted by Crippen LogP contribution is 2.37. The Labute approximate surface area is 141 Å². The Kier molecular flexibility index (Phi) is 5.59. The zero-order chi connectivity index (χ0) is 15.7. The van der Waals surface area contributed by atoms with Crippen LogP contribution in [0, 0.1) is 22.0 Å². The number of amides is 1. The van der Waals surface area contributed by atoms with Gasteiger partial charge in [0.1, 0.15) is 0 Å². The molecule has 0 bridgehead atoms. The zero-order valence-electron chi connectivity index (χ0n) is 12.9. The van der Waals surface area contributed by atoms with Gasteiger partial charge in [0, 0.05) is 37.7 Å². The minimum Gasteiger partial charge on any atom is -0.342 e. The van der Waals surface area contributed by atoms with Gasteiger partial charge in [-0.1, -0.05) is 12.1 Å². The number of carbonyl (C=O) groups is 1. The normalized spacial score (nSPS) is 25.8. The molecule has 1 amide bonds. The second kappa shape index (κ2) is 7.27. The molecule has 0 aromatic heterocycles. The van der Waals surface area contributed by atoms with Crippen molar-refractivity contribution < 1.29 is 9.72 Å². The van der Waals surface area contributed by atoms with Crippen molar-refractivity contribution in [3.05, 3.63) is 39.9 Å². The second-order valence-corrected chi connectivity index (χ2v) is 6.39. The van der Waals surface area contributed by atoms with Gasteiger partial charge in [-0.15, -0.1) is 12.4 Å². The summed E-state index contributed by atoms with van der Waals surface area (Å²) in [6.07, 6.45) is 3.14. The van der Waals surface area contributed by atoms with Gasteiger partial charge in [0.05, 0.1) is 4.92 Å². The molecule has 7 heteroatoms. The maximum Gasteiger partial charge on any atom is 0.269 e. The third kappa shape index (κ3) is 3.82. The van der Waals surface area contributed by atoms with Crippen molar-refractivity contribution in [1.82, 2.24) is 4.90 Å². The Balaban J connectivity index is 0.00000192. The van der Waals surface area contributed by atoms with E-state index in [-0.39, 0.29) is 30.0 Å². The maximum absolute atomic E-state index is 12.3. The Bertz CT molecular complexity index is 596. The maximum atomic E-state index is 12.3. The molecule has 126 valence electrons. The van der Waals surface area contributed by atoms with E-state index in [4.69, 9.17) is 5.73 Å². The smallest absolute Gasteiger partial charge is 0.269 e. The van der Waals surface area contributed by atoms with Crippen molar-refractivity contribution in [2.45, 2.75) is 31.7 Å². The number of aryl methyl sites for hydroxylation is 1. The molecule has 1 aromatic carbocycles. The van der Waals surface area contributed by atoms with E-state index in [1.807, 2.05) is 11.0 Å². The summed E-state index contributed by atoms with van der Waals surface area (Å²) < 4.78 is 0. The third-order valence-corrected chi connectivity index (χ3v) is 5.01. The zero-order valence-corrected chi connectivity index (χ0v) is 13.7. The SMILES string of the molecule is Cl.NC1CCC2CN(C(=O)CCc3cccc([N+](=O)[O-])c3)CC12. The Morgan fingerprint density at radius 2 is 2.13 bits per heavy atom. The fraction of sp³-hybridized carbons (Fsp3) is 0.562. The first kappa shape index (κ1) is 17.7. The number of nitro benzene ring substituents is 1. The number of carbonyl (C=O) groups excluding carboxylic acids is 1. The van der Waals surface area contributed by atoms with Crippen LogP contribution in [0.25, 0.3) is 0 Å². The van der Waals surface area contributed by atoms with Crippen LogP contribution >= 0.6 is 12.4 Å². The number of non-ortho nitro benzene ring substituents is 1. The Morgan fingerprint density at radius 1 is 1.35 bits per heavy atom. The summed E-state index contributed by atoms with van der Waals surface area (Å²) in [5, 5.41) is 10.8. The average Bonchev–Trinajstić information content (AvgIpc) is 3.08. The molecule has 1 saturated heterocycles. The van der Waals surface area contributed by atoms with E-state index >= 15 is 0 Å². The molecule has 1 heterocycles. The Morgan fingerprint density at radius 3 is 2.83 bits per heavy atom. The van der Waals surface area contributed by atoms with E-state index in [1.165, 1.54) is 6.07 Å². The highest BCUT2D eigenvalue weighted by atomic mass is 35.5. The van der Waals surface area contributed by atoms with Crippen LogP contribution in [0.2, 0.25) is 0 Å². The summed E-state index contributed by atoms with van der Waals surface area (Å²) >= 11 is 0. The lowest BCUT2D eigenvalue weighted by Gasteiger charge is -2.18. The summed E-state index contributed by atoms with van der Waals surface area (Å²) in [6, 6.07) is 6.74. The van der Waals surface area contributed by atoms with E-state index in [0.717, 1.165) is 31.5 Å². The number of halogens is 1. The minimum absolute atomic E-state index is 0. The van der Waals surface area contributed by atoms with E-state index in [1.54, 1.807) is 12.1 Å². The number of nitrogens with two attached hydrogens (primary N) is 1. The van der Waals surface area contributed by atoms with Crippen LogP contribution in [-0.2, 0) is 11.2 Å². The quantitative estimate of drug-likeness (QED) is 0.672. The Hall–Kier alpha value is -1.66. The van der Waals surface area contributed by atoms with Crippen LogP contribution in [0.1, 0.15) is 24.8 Å². The second-order valence-electron chi connectivity index (χ2n) is 6.39. The summed E-state index contributed by atoms with van der Waals surface area (Å²) in [5.41, 5.74) is 7.00. The molecule has 6 nitrogen and oxygen atoms in total. The van der Waals surface area contributed by atoms with Gasteiger partial charge in [-0.25, -0.2) is 0 Å². The van der Waals surface area contributed by atoms with Crippen molar-refractivity contribution in [3.63, 3.8) is 0 Å². The van der Waals surface area contributed by atoms with Crippen LogP contribution in [0.5, 0.6) is 0 Å². The first-order valence-electron chi connectivity index (χ1n) is 7.81. The predicted octanol–water partition coefficient (Wildman–Crippen LogP) is 2.14. The summed E-state index contributed by atoms with van der Waals surface area (Å²) in [4.78, 5) is 24.6. The van der Waals surface area contributed by atoms with Gasteiger partial charge in [-0.2, -0.15) is 0 Å².